The van der Waals surface area contributed by atoms with Crippen LogP contribution in [-0.4, -0.2) is 64.1 Å². The van der Waals surface area contributed by atoms with Crippen LogP contribution in [0.15, 0.2) is 57.2 Å². The maximum atomic E-state index is 13.1. The Morgan fingerprint density at radius 1 is 1.14 bits per heavy atom. The van der Waals surface area contributed by atoms with Crippen molar-refractivity contribution in [3.05, 3.63) is 59.2 Å². The second-order valence-corrected chi connectivity index (χ2v) is 10.1. The van der Waals surface area contributed by atoms with Gasteiger partial charge in [-0.15, -0.1) is 0 Å². The van der Waals surface area contributed by atoms with E-state index < -0.39 is 40.6 Å². The number of methoxy groups -OCH3 is 1. The number of hydrogen-bond acceptors (Lipinski definition) is 9. The summed E-state index contributed by atoms with van der Waals surface area (Å²) in [4.78, 5) is 37.8. The van der Waals surface area contributed by atoms with Crippen LogP contribution in [-0.2, 0) is 24.3 Å². The number of hydrogen-bond donors (Lipinski definition) is 2. The van der Waals surface area contributed by atoms with Gasteiger partial charge in [-0.05, 0) is 50.1 Å². The van der Waals surface area contributed by atoms with Gasteiger partial charge < -0.3 is 29.3 Å². The molecule has 1 unspecified atom stereocenters. The van der Waals surface area contributed by atoms with E-state index in [0.29, 0.717) is 13.1 Å². The summed E-state index contributed by atoms with van der Waals surface area (Å²) in [6, 6.07) is 5.53. The van der Waals surface area contributed by atoms with E-state index in [9.17, 15) is 22.8 Å². The first kappa shape index (κ1) is 26.2. The summed E-state index contributed by atoms with van der Waals surface area (Å²) in [5.41, 5.74) is -0.0219. The van der Waals surface area contributed by atoms with Gasteiger partial charge in [0.25, 0.3) is 0 Å². The smallest absolute Gasteiger partial charge is 0.338 e. The molecule has 0 radical (unpaired) electrons. The first-order valence-electron chi connectivity index (χ1n) is 11.6. The molecule has 1 atom stereocenters. The minimum Gasteiger partial charge on any atom is -0.495 e. The molecule has 0 saturated carbocycles. The van der Waals surface area contributed by atoms with Gasteiger partial charge >= 0.3 is 18.0 Å². The van der Waals surface area contributed by atoms with Crippen LogP contribution >= 0.6 is 0 Å². The Morgan fingerprint density at radius 3 is 2.54 bits per heavy atom. The molecule has 198 valence electrons. The Kier molecular flexibility index (Phi) is 7.83. The molecule has 2 amide bonds. The third kappa shape index (κ3) is 5.47. The van der Waals surface area contributed by atoms with E-state index in [-0.39, 0.29) is 39.8 Å². The van der Waals surface area contributed by atoms with Gasteiger partial charge in [0.15, 0.2) is 0 Å². The number of rotatable bonds is 9. The van der Waals surface area contributed by atoms with Crippen LogP contribution in [0.5, 0.6) is 5.75 Å². The van der Waals surface area contributed by atoms with Crippen LogP contribution < -0.4 is 15.4 Å². The normalized spacial score (nSPS) is 18.2. The van der Waals surface area contributed by atoms with Crippen LogP contribution in [0.25, 0.3) is 0 Å². The number of amides is 2. The van der Waals surface area contributed by atoms with Crippen molar-refractivity contribution in [3.8, 4) is 5.75 Å². The molecule has 2 N–H and O–H groups in total. The van der Waals surface area contributed by atoms with Crippen molar-refractivity contribution in [2.45, 2.75) is 30.7 Å². The van der Waals surface area contributed by atoms with Crippen molar-refractivity contribution >= 4 is 28.0 Å². The maximum absolute atomic E-state index is 13.1. The van der Waals surface area contributed by atoms with Crippen molar-refractivity contribution in [2.75, 3.05) is 33.4 Å². The minimum absolute atomic E-state index is 0.00961. The lowest BCUT2D eigenvalue weighted by Crippen LogP contribution is -2.47. The molecule has 37 heavy (non-hydrogen) atoms. The number of esters is 2. The van der Waals surface area contributed by atoms with Crippen molar-refractivity contribution < 1.29 is 41.4 Å². The lowest BCUT2D eigenvalue weighted by atomic mass is 10.0. The fourth-order valence-electron chi connectivity index (χ4n) is 4.14. The van der Waals surface area contributed by atoms with Crippen LogP contribution in [0.3, 0.4) is 0 Å². The van der Waals surface area contributed by atoms with E-state index in [1.165, 1.54) is 35.9 Å². The molecule has 1 fully saturated rings. The summed E-state index contributed by atoms with van der Waals surface area (Å²) in [6.07, 6.45) is 2.89. The quantitative estimate of drug-likeness (QED) is 0.461. The molecule has 0 aliphatic carbocycles. The lowest BCUT2D eigenvalue weighted by Gasteiger charge is -2.27. The fraction of sp³-hybridized carbons (Fsp3) is 0.375. The molecular weight excluding hydrogens is 506 g/mol. The summed E-state index contributed by atoms with van der Waals surface area (Å²) in [7, 11) is -2.54. The van der Waals surface area contributed by atoms with E-state index in [0.717, 1.165) is 12.8 Å². The number of urea groups is 1. The Bertz CT molecular complexity index is 1310. The Hall–Kier alpha value is -3.84. The number of nitrogens with one attached hydrogen (secondary N) is 2. The molecule has 0 spiro atoms. The number of carbonyl (C=O) groups excluding carboxylic acids is 3. The molecule has 3 heterocycles. The Balaban J connectivity index is 1.61. The van der Waals surface area contributed by atoms with E-state index in [2.05, 4.69) is 10.6 Å². The second-order valence-electron chi connectivity index (χ2n) is 8.21. The molecule has 2 aromatic rings. The van der Waals surface area contributed by atoms with Crippen molar-refractivity contribution in [2.24, 2.45) is 0 Å². The number of carbonyl (C=O) groups is 3. The molecular formula is C24H27N3O9S. The zero-order valence-corrected chi connectivity index (χ0v) is 21.1. The number of benzene rings is 1. The predicted octanol–water partition coefficient (Wildman–Crippen LogP) is 2.10. The van der Waals surface area contributed by atoms with Crippen LogP contribution in [0.4, 0.5) is 4.79 Å². The van der Waals surface area contributed by atoms with E-state index >= 15 is 0 Å². The molecule has 4 rings (SSSR count). The molecule has 1 aromatic carbocycles. The average Bonchev–Trinajstić information content (AvgIpc) is 3.62. The first-order valence-corrected chi connectivity index (χ1v) is 13.1. The molecule has 2 aliphatic heterocycles. The zero-order chi connectivity index (χ0) is 26.6. The minimum atomic E-state index is -3.88. The van der Waals surface area contributed by atoms with Gasteiger partial charge in [0, 0.05) is 13.1 Å². The topological polar surface area (TPSA) is 153 Å². The highest BCUT2D eigenvalue weighted by atomic mass is 32.2. The molecule has 1 aromatic heterocycles. The summed E-state index contributed by atoms with van der Waals surface area (Å²) >= 11 is 0. The van der Waals surface area contributed by atoms with E-state index in [4.69, 9.17) is 18.6 Å². The second kappa shape index (κ2) is 11.0. The highest BCUT2D eigenvalue weighted by Crippen LogP contribution is 2.31. The number of nitrogens with zero attached hydrogens (tertiary/aromatic N) is 1. The molecule has 2 aliphatic rings. The SMILES string of the molecule is CCOC(=O)C1=C(COC(=O)c2ccc(OC)c(S(=O)(=O)N3CCCC3)c2)NC(=O)NC1c1ccco1. The van der Waals surface area contributed by atoms with Gasteiger partial charge in [0.2, 0.25) is 10.0 Å². The van der Waals surface area contributed by atoms with E-state index in [1.807, 2.05) is 0 Å². The molecule has 12 nitrogen and oxygen atoms in total. The summed E-state index contributed by atoms with van der Waals surface area (Å²) in [5.74, 6) is -1.21. The average molecular weight is 534 g/mol. The van der Waals surface area contributed by atoms with Crippen molar-refractivity contribution in [1.29, 1.82) is 0 Å². The Labute approximate surface area is 213 Å². The highest BCUT2D eigenvalue weighted by Gasteiger charge is 2.36. The van der Waals surface area contributed by atoms with Gasteiger partial charge in [-0.25, -0.2) is 22.8 Å². The summed E-state index contributed by atoms with van der Waals surface area (Å²) in [6.45, 7) is 1.99. The monoisotopic (exact) mass is 533 g/mol. The van der Waals surface area contributed by atoms with Gasteiger partial charge in [-0.3, -0.25) is 0 Å². The molecule has 13 heteroatoms. The third-order valence-electron chi connectivity index (χ3n) is 5.91. The largest absolute Gasteiger partial charge is 0.495 e. The molecule has 0 bridgehead atoms. The number of furan rings is 1. The van der Waals surface area contributed by atoms with Gasteiger partial charge in [-0.2, -0.15) is 4.31 Å². The van der Waals surface area contributed by atoms with Gasteiger partial charge in [0.1, 0.15) is 29.1 Å². The number of ether oxygens (including phenoxy) is 3. The van der Waals surface area contributed by atoms with E-state index in [1.54, 1.807) is 19.1 Å². The van der Waals surface area contributed by atoms with Crippen molar-refractivity contribution in [1.82, 2.24) is 14.9 Å². The third-order valence-corrected chi connectivity index (χ3v) is 7.83. The summed E-state index contributed by atoms with van der Waals surface area (Å²) < 4.78 is 48.7. The first-order chi connectivity index (χ1) is 17.8. The molecule has 1 saturated heterocycles. The van der Waals surface area contributed by atoms with Gasteiger partial charge in [-0.1, -0.05) is 0 Å². The Morgan fingerprint density at radius 2 is 1.89 bits per heavy atom. The predicted molar refractivity (Wildman–Crippen MR) is 128 cm³/mol. The highest BCUT2D eigenvalue weighted by molar-refractivity contribution is 7.89. The van der Waals surface area contributed by atoms with Crippen molar-refractivity contribution in [3.63, 3.8) is 0 Å². The maximum Gasteiger partial charge on any atom is 0.338 e. The van der Waals surface area contributed by atoms with Crippen LogP contribution in [0.2, 0.25) is 0 Å². The van der Waals surface area contributed by atoms with Gasteiger partial charge in [0.05, 0.1) is 36.8 Å². The lowest BCUT2D eigenvalue weighted by molar-refractivity contribution is -0.139. The fourth-order valence-corrected chi connectivity index (χ4v) is 5.84. The zero-order valence-electron chi connectivity index (χ0n) is 20.3. The number of sulfonamides is 1. The summed E-state index contributed by atoms with van der Waals surface area (Å²) in [5, 5.41) is 5.08. The van der Waals surface area contributed by atoms with Crippen LogP contribution in [0, 0.1) is 0 Å². The van der Waals surface area contributed by atoms with Crippen LogP contribution in [0.1, 0.15) is 41.9 Å². The standard InChI is InChI=1S/C24H27N3O9S/c1-3-34-23(29)20-16(25-24(30)26-21(20)18-7-6-12-35-18)14-36-22(28)15-8-9-17(33-2)19(13-15)37(31,32)27-10-4-5-11-27/h6-9,12-13,21H,3-5,10-11,14H2,1-2H3,(H2,25,26,30).